The maximum absolute atomic E-state index is 11.7. The predicted molar refractivity (Wildman–Crippen MR) is 84.0 cm³/mol. The Morgan fingerprint density at radius 2 is 1.86 bits per heavy atom. The summed E-state index contributed by atoms with van der Waals surface area (Å²) in [6.45, 7) is 2.68. The van der Waals surface area contributed by atoms with E-state index in [0.29, 0.717) is 18.8 Å². The lowest BCUT2D eigenvalue weighted by atomic mass is 10.1. The van der Waals surface area contributed by atoms with Gasteiger partial charge in [0.2, 0.25) is 0 Å². The van der Waals surface area contributed by atoms with Gasteiger partial charge in [0.05, 0.1) is 11.1 Å². The van der Waals surface area contributed by atoms with Crippen LogP contribution in [-0.4, -0.2) is 12.5 Å². The number of ether oxygens (including phenoxy) is 1. The Morgan fingerprint density at radius 1 is 1.14 bits per heavy atom. The molecule has 4 nitrogen and oxygen atoms in total. The number of nitrogens with one attached hydrogen (secondary N) is 1. The standard InChI is InChI=1S/C16H16BrNO3/c1-2-21-18-16(19)13-9-7-12(8-10-13)11-20-15-6-4-3-5-14(15)17/h3-10H,2,11H2,1H3,(H,18,19). The van der Waals surface area contributed by atoms with Gasteiger partial charge in [-0.3, -0.25) is 9.63 Å². The molecular formula is C16H16BrNO3. The number of halogens is 1. The van der Waals surface area contributed by atoms with Gasteiger partial charge in [-0.2, -0.15) is 0 Å². The maximum Gasteiger partial charge on any atom is 0.274 e. The first-order valence-electron chi connectivity index (χ1n) is 6.59. The number of carbonyl (C=O) groups excluding carboxylic acids is 1. The molecule has 2 aromatic carbocycles. The third-order valence-corrected chi connectivity index (χ3v) is 3.41. The van der Waals surface area contributed by atoms with Crippen molar-refractivity contribution in [3.63, 3.8) is 0 Å². The quantitative estimate of drug-likeness (QED) is 0.808. The number of hydroxylamine groups is 1. The van der Waals surface area contributed by atoms with Crippen LogP contribution in [-0.2, 0) is 11.4 Å². The second kappa shape index (κ2) is 7.81. The molecular weight excluding hydrogens is 334 g/mol. The Bertz CT molecular complexity index is 599. The van der Waals surface area contributed by atoms with Crippen LogP contribution in [0.1, 0.15) is 22.8 Å². The SMILES string of the molecule is CCONC(=O)c1ccc(COc2ccccc2Br)cc1. The van der Waals surface area contributed by atoms with Gasteiger partial charge in [0, 0.05) is 5.56 Å². The van der Waals surface area contributed by atoms with E-state index in [4.69, 9.17) is 9.57 Å². The molecule has 1 N–H and O–H groups in total. The predicted octanol–water partition coefficient (Wildman–Crippen LogP) is 3.71. The topological polar surface area (TPSA) is 47.6 Å². The van der Waals surface area contributed by atoms with Gasteiger partial charge in [-0.25, -0.2) is 5.48 Å². The summed E-state index contributed by atoms with van der Waals surface area (Å²) in [5.41, 5.74) is 3.89. The summed E-state index contributed by atoms with van der Waals surface area (Å²) >= 11 is 3.43. The van der Waals surface area contributed by atoms with Crippen molar-refractivity contribution in [1.82, 2.24) is 5.48 Å². The molecule has 0 heterocycles. The Labute approximate surface area is 132 Å². The number of benzene rings is 2. The summed E-state index contributed by atoms with van der Waals surface area (Å²) in [5.74, 6) is 0.533. The van der Waals surface area contributed by atoms with E-state index in [1.54, 1.807) is 12.1 Å². The number of hydrogen-bond acceptors (Lipinski definition) is 3. The minimum absolute atomic E-state index is 0.255. The highest BCUT2D eigenvalue weighted by Crippen LogP contribution is 2.24. The summed E-state index contributed by atoms with van der Waals surface area (Å²) in [6.07, 6.45) is 0. The van der Waals surface area contributed by atoms with Crippen LogP contribution in [0, 0.1) is 0 Å². The molecule has 0 aliphatic heterocycles. The van der Waals surface area contributed by atoms with Crippen molar-refractivity contribution in [2.45, 2.75) is 13.5 Å². The molecule has 110 valence electrons. The first kappa shape index (κ1) is 15.5. The summed E-state index contributed by atoms with van der Waals surface area (Å²) in [4.78, 5) is 16.5. The molecule has 0 aromatic heterocycles. The summed E-state index contributed by atoms with van der Waals surface area (Å²) < 4.78 is 6.63. The minimum Gasteiger partial charge on any atom is -0.488 e. The zero-order valence-electron chi connectivity index (χ0n) is 11.6. The molecule has 0 fully saturated rings. The van der Waals surface area contributed by atoms with Crippen molar-refractivity contribution >= 4 is 21.8 Å². The second-order valence-corrected chi connectivity index (χ2v) is 5.13. The van der Waals surface area contributed by atoms with Crippen LogP contribution in [0.25, 0.3) is 0 Å². The van der Waals surface area contributed by atoms with Crippen LogP contribution >= 0.6 is 15.9 Å². The highest BCUT2D eigenvalue weighted by atomic mass is 79.9. The average Bonchev–Trinajstić information content (AvgIpc) is 2.52. The number of para-hydroxylation sites is 1. The maximum atomic E-state index is 11.7. The summed E-state index contributed by atoms with van der Waals surface area (Å²) in [7, 11) is 0. The Balaban J connectivity index is 1.93. The van der Waals surface area contributed by atoms with E-state index in [1.165, 1.54) is 0 Å². The van der Waals surface area contributed by atoms with E-state index in [-0.39, 0.29) is 5.91 Å². The van der Waals surface area contributed by atoms with E-state index in [2.05, 4.69) is 21.4 Å². The fourth-order valence-corrected chi connectivity index (χ4v) is 2.07. The molecule has 0 radical (unpaired) electrons. The molecule has 0 saturated carbocycles. The van der Waals surface area contributed by atoms with E-state index in [1.807, 2.05) is 43.3 Å². The molecule has 21 heavy (non-hydrogen) atoms. The van der Waals surface area contributed by atoms with Gasteiger partial charge in [0.15, 0.2) is 0 Å². The molecule has 0 saturated heterocycles. The molecule has 0 unspecified atom stereocenters. The zero-order valence-corrected chi connectivity index (χ0v) is 13.2. The van der Waals surface area contributed by atoms with Crippen molar-refractivity contribution in [1.29, 1.82) is 0 Å². The average molecular weight is 350 g/mol. The lowest BCUT2D eigenvalue weighted by molar-refractivity contribution is 0.0364. The van der Waals surface area contributed by atoms with Crippen LogP contribution in [0.4, 0.5) is 0 Å². The highest BCUT2D eigenvalue weighted by Gasteiger charge is 2.05. The fraction of sp³-hybridized carbons (Fsp3) is 0.188. The lowest BCUT2D eigenvalue weighted by Gasteiger charge is -2.09. The van der Waals surface area contributed by atoms with Crippen molar-refractivity contribution in [3.8, 4) is 5.75 Å². The van der Waals surface area contributed by atoms with Crippen LogP contribution in [0.3, 0.4) is 0 Å². The highest BCUT2D eigenvalue weighted by molar-refractivity contribution is 9.10. The van der Waals surface area contributed by atoms with Crippen molar-refractivity contribution in [2.24, 2.45) is 0 Å². The van der Waals surface area contributed by atoms with E-state index in [9.17, 15) is 4.79 Å². The van der Waals surface area contributed by atoms with Gasteiger partial charge in [0.25, 0.3) is 5.91 Å². The Hall–Kier alpha value is -1.85. The van der Waals surface area contributed by atoms with Gasteiger partial charge in [-0.1, -0.05) is 24.3 Å². The number of carbonyl (C=O) groups is 1. The van der Waals surface area contributed by atoms with Crippen molar-refractivity contribution in [3.05, 3.63) is 64.1 Å². The Morgan fingerprint density at radius 3 is 2.52 bits per heavy atom. The monoisotopic (exact) mass is 349 g/mol. The van der Waals surface area contributed by atoms with Crippen LogP contribution in [0.15, 0.2) is 53.0 Å². The van der Waals surface area contributed by atoms with Crippen LogP contribution < -0.4 is 10.2 Å². The molecule has 5 heteroatoms. The van der Waals surface area contributed by atoms with E-state index >= 15 is 0 Å². The van der Waals surface area contributed by atoms with Gasteiger partial charge in [0.1, 0.15) is 12.4 Å². The normalized spacial score (nSPS) is 10.2. The summed E-state index contributed by atoms with van der Waals surface area (Å²) in [5, 5.41) is 0. The van der Waals surface area contributed by atoms with Crippen molar-refractivity contribution < 1.29 is 14.4 Å². The molecule has 1 amide bonds. The molecule has 0 bridgehead atoms. The zero-order chi connectivity index (χ0) is 15.1. The largest absolute Gasteiger partial charge is 0.488 e. The summed E-state index contributed by atoms with van der Waals surface area (Å²) in [6, 6.07) is 14.9. The fourth-order valence-electron chi connectivity index (χ4n) is 1.67. The number of hydrogen-bond donors (Lipinski definition) is 1. The third kappa shape index (κ3) is 4.58. The number of rotatable bonds is 6. The number of amides is 1. The minimum atomic E-state index is -0.255. The molecule has 0 aliphatic carbocycles. The van der Waals surface area contributed by atoms with Gasteiger partial charge in [-0.05, 0) is 52.7 Å². The van der Waals surface area contributed by atoms with E-state index < -0.39 is 0 Å². The van der Waals surface area contributed by atoms with Crippen molar-refractivity contribution in [2.75, 3.05) is 6.61 Å². The van der Waals surface area contributed by atoms with Crippen LogP contribution in [0.2, 0.25) is 0 Å². The van der Waals surface area contributed by atoms with Gasteiger partial charge in [-0.15, -0.1) is 0 Å². The van der Waals surface area contributed by atoms with Gasteiger partial charge < -0.3 is 4.74 Å². The van der Waals surface area contributed by atoms with Crippen LogP contribution in [0.5, 0.6) is 5.75 Å². The third-order valence-electron chi connectivity index (χ3n) is 2.76. The first-order chi connectivity index (χ1) is 10.2. The smallest absolute Gasteiger partial charge is 0.274 e. The van der Waals surface area contributed by atoms with Gasteiger partial charge >= 0.3 is 0 Å². The molecule has 2 aromatic rings. The molecule has 0 aliphatic rings. The first-order valence-corrected chi connectivity index (χ1v) is 7.38. The lowest BCUT2D eigenvalue weighted by Crippen LogP contribution is -2.23. The molecule has 0 atom stereocenters. The van der Waals surface area contributed by atoms with E-state index in [0.717, 1.165) is 15.8 Å². The molecule has 0 spiro atoms. The molecule has 2 rings (SSSR count). The second-order valence-electron chi connectivity index (χ2n) is 4.28. The Kier molecular flexibility index (Phi) is 5.78.